The summed E-state index contributed by atoms with van der Waals surface area (Å²) in [5.41, 5.74) is 0.0137. The van der Waals surface area contributed by atoms with Gasteiger partial charge in [0.1, 0.15) is 5.76 Å². The lowest BCUT2D eigenvalue weighted by atomic mass is 10.0. The van der Waals surface area contributed by atoms with E-state index in [1.807, 2.05) is 6.07 Å². The topological polar surface area (TPSA) is 115 Å². The van der Waals surface area contributed by atoms with E-state index in [0.29, 0.717) is 24.4 Å². The van der Waals surface area contributed by atoms with Crippen LogP contribution in [-0.4, -0.2) is 43.9 Å². The first-order valence-corrected chi connectivity index (χ1v) is 10.6. The Morgan fingerprint density at radius 1 is 1.21 bits per heavy atom. The fourth-order valence-corrected chi connectivity index (χ4v) is 5.19. The van der Waals surface area contributed by atoms with Crippen molar-refractivity contribution in [3.8, 4) is 0 Å². The molecular formula is C19H22N2O6S. The van der Waals surface area contributed by atoms with Crippen LogP contribution < -0.4 is 10.6 Å². The Morgan fingerprint density at radius 2 is 2.00 bits per heavy atom. The molecule has 1 atom stereocenters. The van der Waals surface area contributed by atoms with Gasteiger partial charge in [0.15, 0.2) is 16.4 Å². The van der Waals surface area contributed by atoms with Gasteiger partial charge in [-0.25, -0.2) is 13.2 Å². The van der Waals surface area contributed by atoms with Crippen LogP contribution in [-0.2, 0) is 25.9 Å². The minimum atomic E-state index is -3.14. The van der Waals surface area contributed by atoms with Gasteiger partial charge in [-0.15, -0.1) is 0 Å². The van der Waals surface area contributed by atoms with Crippen LogP contribution in [0.4, 0.5) is 5.69 Å². The molecule has 1 saturated heterocycles. The maximum Gasteiger partial charge on any atom is 0.340 e. The number of ether oxygens (including phenoxy) is 1. The second-order valence-corrected chi connectivity index (χ2v) is 9.19. The average molecular weight is 406 g/mol. The molecule has 0 spiro atoms. The van der Waals surface area contributed by atoms with Crippen LogP contribution in [0.25, 0.3) is 0 Å². The number of hydrogen-bond acceptors (Lipinski definition) is 7. The third kappa shape index (κ3) is 5.13. The molecule has 2 N–H and O–H groups in total. The number of furan rings is 1. The predicted molar refractivity (Wildman–Crippen MR) is 103 cm³/mol. The molecule has 8 nitrogen and oxygen atoms in total. The van der Waals surface area contributed by atoms with Crippen LogP contribution in [0.3, 0.4) is 0 Å². The van der Waals surface area contributed by atoms with Gasteiger partial charge in [0.2, 0.25) is 0 Å². The zero-order valence-electron chi connectivity index (χ0n) is 15.4. The van der Waals surface area contributed by atoms with Crippen LogP contribution in [0.2, 0.25) is 0 Å². The molecule has 1 aliphatic rings. The lowest BCUT2D eigenvalue weighted by Crippen LogP contribution is -2.48. The number of esters is 1. The molecular weight excluding hydrogens is 384 g/mol. The number of anilines is 1. The predicted octanol–water partition coefficient (Wildman–Crippen LogP) is 1.74. The molecule has 2 aromatic rings. The fourth-order valence-electron chi connectivity index (χ4n) is 3.10. The van der Waals surface area contributed by atoms with Gasteiger partial charge in [-0.3, -0.25) is 4.79 Å². The first-order chi connectivity index (χ1) is 13.3. The highest BCUT2D eigenvalue weighted by molar-refractivity contribution is 7.91. The van der Waals surface area contributed by atoms with Crippen molar-refractivity contribution in [1.29, 1.82) is 0 Å². The standard InChI is InChI=1S/C19H22N2O6S/c1-19(8-10-28(24,25)13-19)21-17(22)12-27-18(23)15-6-2-3-7-16(15)20-11-14-5-4-9-26-14/h2-7,9,20H,8,10-13H2,1H3,(H,21,22). The summed E-state index contributed by atoms with van der Waals surface area (Å²) >= 11 is 0. The van der Waals surface area contributed by atoms with Crippen molar-refractivity contribution in [3.05, 3.63) is 54.0 Å². The lowest BCUT2D eigenvalue weighted by molar-refractivity contribution is -0.125. The summed E-state index contributed by atoms with van der Waals surface area (Å²) in [7, 11) is -3.14. The highest BCUT2D eigenvalue weighted by Gasteiger charge is 2.39. The highest BCUT2D eigenvalue weighted by Crippen LogP contribution is 2.23. The number of carbonyl (C=O) groups is 2. The number of sulfone groups is 1. The van der Waals surface area contributed by atoms with E-state index in [1.165, 1.54) is 0 Å². The van der Waals surface area contributed by atoms with Gasteiger partial charge in [-0.05, 0) is 37.6 Å². The van der Waals surface area contributed by atoms with E-state index in [2.05, 4.69) is 10.6 Å². The molecule has 0 saturated carbocycles. The summed E-state index contributed by atoms with van der Waals surface area (Å²) in [5, 5.41) is 5.75. The molecule has 2 heterocycles. The number of amides is 1. The van der Waals surface area contributed by atoms with Gasteiger partial charge >= 0.3 is 5.97 Å². The van der Waals surface area contributed by atoms with Crippen molar-refractivity contribution >= 4 is 27.4 Å². The zero-order valence-corrected chi connectivity index (χ0v) is 16.3. The van der Waals surface area contributed by atoms with E-state index in [-0.39, 0.29) is 17.1 Å². The number of hydrogen-bond donors (Lipinski definition) is 2. The van der Waals surface area contributed by atoms with Crippen molar-refractivity contribution in [2.24, 2.45) is 0 Å². The number of benzene rings is 1. The zero-order chi connectivity index (χ0) is 20.2. The second kappa shape index (κ2) is 8.05. The minimum absolute atomic E-state index is 0.0400. The Kier molecular flexibility index (Phi) is 5.73. The highest BCUT2D eigenvalue weighted by atomic mass is 32.2. The number of rotatable bonds is 7. The van der Waals surface area contributed by atoms with Crippen molar-refractivity contribution in [3.63, 3.8) is 0 Å². The summed E-state index contributed by atoms with van der Waals surface area (Å²) in [6.07, 6.45) is 1.90. The van der Waals surface area contributed by atoms with E-state index < -0.39 is 33.9 Å². The largest absolute Gasteiger partial charge is 0.467 e. The Labute approximate surface area is 163 Å². The molecule has 9 heteroatoms. The quantitative estimate of drug-likeness (QED) is 0.673. The summed E-state index contributed by atoms with van der Waals surface area (Å²) in [6, 6.07) is 10.4. The van der Waals surface area contributed by atoms with E-state index in [1.54, 1.807) is 43.5 Å². The smallest absolute Gasteiger partial charge is 0.340 e. The molecule has 150 valence electrons. The Balaban J connectivity index is 1.55. The van der Waals surface area contributed by atoms with Gasteiger partial charge in [0.25, 0.3) is 5.91 Å². The molecule has 1 unspecified atom stereocenters. The van der Waals surface area contributed by atoms with E-state index >= 15 is 0 Å². The van der Waals surface area contributed by atoms with Gasteiger partial charge in [-0.1, -0.05) is 12.1 Å². The maximum absolute atomic E-state index is 12.4. The summed E-state index contributed by atoms with van der Waals surface area (Å²) in [6.45, 7) is 1.58. The van der Waals surface area contributed by atoms with Crippen LogP contribution in [0, 0.1) is 0 Å². The molecule has 1 fully saturated rings. The average Bonchev–Trinajstić information content (AvgIpc) is 3.25. The number of para-hydroxylation sites is 1. The summed E-state index contributed by atoms with van der Waals surface area (Å²) in [4.78, 5) is 24.5. The van der Waals surface area contributed by atoms with Gasteiger partial charge in [0.05, 0.1) is 35.4 Å². The molecule has 3 rings (SSSR count). The molecule has 1 aliphatic heterocycles. The maximum atomic E-state index is 12.4. The van der Waals surface area contributed by atoms with Crippen molar-refractivity contribution in [1.82, 2.24) is 5.32 Å². The summed E-state index contributed by atoms with van der Waals surface area (Å²) in [5.74, 6) is -0.546. The fraction of sp³-hybridized carbons (Fsp3) is 0.368. The van der Waals surface area contributed by atoms with Crippen molar-refractivity contribution in [2.75, 3.05) is 23.4 Å². The van der Waals surface area contributed by atoms with Crippen molar-refractivity contribution < 1.29 is 27.2 Å². The molecule has 0 aliphatic carbocycles. The first kappa shape index (κ1) is 19.9. The van der Waals surface area contributed by atoms with Crippen LogP contribution in [0.15, 0.2) is 47.1 Å². The van der Waals surface area contributed by atoms with Crippen LogP contribution in [0.5, 0.6) is 0 Å². The molecule has 0 radical (unpaired) electrons. The molecule has 0 bridgehead atoms. The Bertz CT molecular complexity index is 955. The van der Waals surface area contributed by atoms with Gasteiger partial charge < -0.3 is 19.8 Å². The van der Waals surface area contributed by atoms with E-state index in [9.17, 15) is 18.0 Å². The summed E-state index contributed by atoms with van der Waals surface area (Å²) < 4.78 is 33.6. The first-order valence-electron chi connectivity index (χ1n) is 8.80. The normalized spacial score (nSPS) is 20.5. The van der Waals surface area contributed by atoms with Gasteiger partial charge in [-0.2, -0.15) is 0 Å². The Morgan fingerprint density at radius 3 is 2.68 bits per heavy atom. The monoisotopic (exact) mass is 406 g/mol. The Hall–Kier alpha value is -2.81. The second-order valence-electron chi connectivity index (χ2n) is 7.01. The van der Waals surface area contributed by atoms with E-state index in [4.69, 9.17) is 9.15 Å². The molecule has 1 aromatic heterocycles. The van der Waals surface area contributed by atoms with Crippen LogP contribution >= 0.6 is 0 Å². The SMILES string of the molecule is CC1(NC(=O)COC(=O)c2ccccc2NCc2ccco2)CCS(=O)(=O)C1. The molecule has 28 heavy (non-hydrogen) atoms. The van der Waals surface area contributed by atoms with Crippen LogP contribution in [0.1, 0.15) is 29.5 Å². The third-order valence-electron chi connectivity index (χ3n) is 4.46. The minimum Gasteiger partial charge on any atom is -0.467 e. The number of carbonyl (C=O) groups excluding carboxylic acids is 2. The third-order valence-corrected chi connectivity index (χ3v) is 6.36. The molecule has 1 aromatic carbocycles. The molecule has 1 amide bonds. The number of nitrogens with one attached hydrogen (secondary N) is 2. The van der Waals surface area contributed by atoms with Gasteiger partial charge in [0, 0.05) is 5.69 Å². The van der Waals surface area contributed by atoms with E-state index in [0.717, 1.165) is 0 Å². The van der Waals surface area contributed by atoms with Crippen molar-refractivity contribution in [2.45, 2.75) is 25.4 Å². The lowest BCUT2D eigenvalue weighted by Gasteiger charge is -2.23.